The maximum atomic E-state index is 5.21. The van der Waals surface area contributed by atoms with Crippen molar-refractivity contribution in [1.82, 2.24) is 14.9 Å². The number of benzene rings is 1. The predicted molar refractivity (Wildman–Crippen MR) is 101 cm³/mol. The largest absolute Gasteiger partial charge is 0.383 e. The first-order valence-corrected chi connectivity index (χ1v) is 8.53. The van der Waals surface area contributed by atoms with Gasteiger partial charge in [0.15, 0.2) is 0 Å². The number of aromatic nitrogens is 2. The number of hydrogen-bond acceptors (Lipinski definition) is 4. The molecule has 3 aromatic rings. The lowest BCUT2D eigenvalue weighted by molar-refractivity contribution is 0.110. The second kappa shape index (κ2) is 8.76. The third-order valence-electron chi connectivity index (χ3n) is 4.35. The van der Waals surface area contributed by atoms with Gasteiger partial charge in [-0.25, -0.2) is 4.98 Å². The van der Waals surface area contributed by atoms with Crippen LogP contribution in [0.25, 0.3) is 22.2 Å². The lowest BCUT2D eigenvalue weighted by Gasteiger charge is -2.21. The van der Waals surface area contributed by atoms with Crippen LogP contribution < -0.4 is 0 Å². The highest BCUT2D eigenvalue weighted by molar-refractivity contribution is 5.92. The van der Waals surface area contributed by atoms with Crippen LogP contribution >= 0.6 is 0 Å². The molecular weight excluding hydrogens is 314 g/mol. The zero-order valence-corrected chi connectivity index (χ0v) is 14.9. The number of nitrogens with zero attached hydrogens (tertiary/aromatic N) is 2. The van der Waals surface area contributed by atoms with Crippen LogP contribution in [0.2, 0.25) is 0 Å². The molecule has 0 fully saturated rings. The van der Waals surface area contributed by atoms with Gasteiger partial charge < -0.3 is 14.5 Å². The molecule has 0 atom stereocenters. The highest BCUT2D eigenvalue weighted by atomic mass is 16.5. The fourth-order valence-corrected chi connectivity index (χ4v) is 2.97. The SMILES string of the molecule is COCCN(CCOC)Cc1ccc(-c2ccnc3[nH]ccc23)cc1. The zero-order chi connectivity index (χ0) is 17.5. The third-order valence-corrected chi connectivity index (χ3v) is 4.35. The van der Waals surface area contributed by atoms with Gasteiger partial charge in [0.05, 0.1) is 13.2 Å². The van der Waals surface area contributed by atoms with Crippen LogP contribution in [-0.2, 0) is 16.0 Å². The van der Waals surface area contributed by atoms with Gasteiger partial charge in [-0.1, -0.05) is 24.3 Å². The molecule has 2 heterocycles. The smallest absolute Gasteiger partial charge is 0.137 e. The van der Waals surface area contributed by atoms with E-state index in [9.17, 15) is 0 Å². The number of methoxy groups -OCH3 is 2. The highest BCUT2D eigenvalue weighted by Gasteiger charge is 2.08. The predicted octanol–water partition coefficient (Wildman–Crippen LogP) is 3.32. The van der Waals surface area contributed by atoms with Crippen LogP contribution in [0.5, 0.6) is 0 Å². The number of H-pyrrole nitrogens is 1. The molecule has 0 radical (unpaired) electrons. The number of pyridine rings is 1. The fourth-order valence-electron chi connectivity index (χ4n) is 2.97. The van der Waals surface area contributed by atoms with Gasteiger partial charge in [-0.2, -0.15) is 0 Å². The third kappa shape index (κ3) is 4.45. The Kier molecular flexibility index (Phi) is 6.17. The Morgan fingerprint density at radius 1 is 0.960 bits per heavy atom. The summed E-state index contributed by atoms with van der Waals surface area (Å²) in [6.45, 7) is 4.14. The van der Waals surface area contributed by atoms with E-state index in [2.05, 4.69) is 51.3 Å². The lowest BCUT2D eigenvalue weighted by Crippen LogP contribution is -2.30. The molecule has 0 unspecified atom stereocenters. The van der Waals surface area contributed by atoms with Crippen molar-refractivity contribution in [2.24, 2.45) is 0 Å². The summed E-state index contributed by atoms with van der Waals surface area (Å²) in [5.74, 6) is 0. The minimum absolute atomic E-state index is 0.726. The molecule has 0 aliphatic rings. The first-order valence-electron chi connectivity index (χ1n) is 8.53. The molecule has 0 amide bonds. The van der Waals surface area contributed by atoms with E-state index in [0.29, 0.717) is 0 Å². The molecule has 3 rings (SSSR count). The second-order valence-corrected chi connectivity index (χ2v) is 6.06. The zero-order valence-electron chi connectivity index (χ0n) is 14.9. The maximum Gasteiger partial charge on any atom is 0.137 e. The topological polar surface area (TPSA) is 50.4 Å². The van der Waals surface area contributed by atoms with E-state index < -0.39 is 0 Å². The average Bonchev–Trinajstić information content (AvgIpc) is 3.13. The van der Waals surface area contributed by atoms with Crippen molar-refractivity contribution in [3.05, 3.63) is 54.4 Å². The Morgan fingerprint density at radius 2 is 1.68 bits per heavy atom. The maximum absolute atomic E-state index is 5.21. The van der Waals surface area contributed by atoms with Crippen LogP contribution in [0.1, 0.15) is 5.56 Å². The molecule has 1 N–H and O–H groups in total. The Hall–Kier alpha value is -2.21. The number of rotatable bonds is 9. The Balaban J connectivity index is 1.73. The number of ether oxygens (including phenoxy) is 2. The first-order chi connectivity index (χ1) is 12.3. The standard InChI is InChI=1S/C20H25N3O2/c1-24-13-11-23(12-14-25-2)15-16-3-5-17(6-4-16)18-7-9-21-20-19(18)8-10-22-20/h3-10H,11-15H2,1-2H3,(H,21,22). The Labute approximate surface area is 148 Å². The van der Waals surface area contributed by atoms with Gasteiger partial charge >= 0.3 is 0 Å². The van der Waals surface area contributed by atoms with Crippen LogP contribution in [0.3, 0.4) is 0 Å². The average molecular weight is 339 g/mol. The summed E-state index contributed by atoms with van der Waals surface area (Å²) in [5.41, 5.74) is 4.62. The summed E-state index contributed by atoms with van der Waals surface area (Å²) in [5, 5.41) is 1.15. The van der Waals surface area contributed by atoms with Gasteiger partial charge in [0.1, 0.15) is 5.65 Å². The molecular formula is C20H25N3O2. The summed E-state index contributed by atoms with van der Waals surface area (Å²) >= 11 is 0. The van der Waals surface area contributed by atoms with Gasteiger partial charge in [-0.15, -0.1) is 0 Å². The van der Waals surface area contributed by atoms with Crippen LogP contribution in [0.15, 0.2) is 48.8 Å². The van der Waals surface area contributed by atoms with Crippen molar-refractivity contribution < 1.29 is 9.47 Å². The molecule has 132 valence electrons. The van der Waals surface area contributed by atoms with Crippen molar-refractivity contribution in [3.8, 4) is 11.1 Å². The monoisotopic (exact) mass is 339 g/mol. The van der Waals surface area contributed by atoms with E-state index in [1.807, 2.05) is 12.4 Å². The van der Waals surface area contributed by atoms with E-state index in [4.69, 9.17) is 9.47 Å². The number of aromatic amines is 1. The van der Waals surface area contributed by atoms with Gasteiger partial charge in [-0.3, -0.25) is 4.90 Å². The molecule has 0 aliphatic carbocycles. The molecule has 0 aliphatic heterocycles. The summed E-state index contributed by atoms with van der Waals surface area (Å²) in [6, 6.07) is 12.9. The molecule has 5 nitrogen and oxygen atoms in total. The van der Waals surface area contributed by atoms with Gasteiger partial charge in [0.2, 0.25) is 0 Å². The highest BCUT2D eigenvalue weighted by Crippen LogP contribution is 2.27. The number of nitrogens with one attached hydrogen (secondary N) is 1. The van der Waals surface area contributed by atoms with Crippen molar-refractivity contribution in [2.75, 3.05) is 40.5 Å². The molecule has 0 saturated carbocycles. The van der Waals surface area contributed by atoms with Crippen molar-refractivity contribution >= 4 is 11.0 Å². The Bertz CT molecular complexity index is 775. The van der Waals surface area contributed by atoms with Crippen LogP contribution in [-0.4, -0.2) is 55.4 Å². The van der Waals surface area contributed by atoms with Crippen molar-refractivity contribution in [1.29, 1.82) is 0 Å². The van der Waals surface area contributed by atoms with E-state index >= 15 is 0 Å². The van der Waals surface area contributed by atoms with Crippen molar-refractivity contribution in [3.63, 3.8) is 0 Å². The minimum atomic E-state index is 0.726. The first kappa shape index (κ1) is 17.6. The minimum Gasteiger partial charge on any atom is -0.383 e. The Morgan fingerprint density at radius 3 is 2.36 bits per heavy atom. The summed E-state index contributed by atoms with van der Waals surface area (Å²) in [6.07, 6.45) is 3.78. The second-order valence-electron chi connectivity index (χ2n) is 6.06. The molecule has 25 heavy (non-hydrogen) atoms. The van der Waals surface area contributed by atoms with E-state index in [1.165, 1.54) is 16.7 Å². The summed E-state index contributed by atoms with van der Waals surface area (Å²) in [7, 11) is 3.47. The van der Waals surface area contributed by atoms with Gasteiger partial charge in [0.25, 0.3) is 0 Å². The molecule has 0 saturated heterocycles. The number of hydrogen-bond donors (Lipinski definition) is 1. The van der Waals surface area contributed by atoms with E-state index in [0.717, 1.165) is 43.9 Å². The van der Waals surface area contributed by atoms with Crippen LogP contribution in [0, 0.1) is 0 Å². The van der Waals surface area contributed by atoms with Crippen molar-refractivity contribution in [2.45, 2.75) is 6.54 Å². The molecule has 2 aromatic heterocycles. The molecule has 0 bridgehead atoms. The number of fused-ring (bicyclic) bond motifs is 1. The van der Waals surface area contributed by atoms with E-state index in [-0.39, 0.29) is 0 Å². The molecule has 5 heteroatoms. The molecule has 1 aromatic carbocycles. The normalized spacial score (nSPS) is 11.5. The van der Waals surface area contributed by atoms with Gasteiger partial charge in [-0.05, 0) is 28.8 Å². The van der Waals surface area contributed by atoms with Gasteiger partial charge in [0, 0.05) is 51.6 Å². The quantitative estimate of drug-likeness (QED) is 0.650. The van der Waals surface area contributed by atoms with E-state index in [1.54, 1.807) is 14.2 Å². The molecule has 0 spiro atoms. The summed E-state index contributed by atoms with van der Waals surface area (Å²) < 4.78 is 10.4. The summed E-state index contributed by atoms with van der Waals surface area (Å²) in [4.78, 5) is 9.87. The van der Waals surface area contributed by atoms with Crippen LogP contribution in [0.4, 0.5) is 0 Å². The lowest BCUT2D eigenvalue weighted by atomic mass is 10.0. The fraction of sp³-hybridized carbons (Fsp3) is 0.350.